The molecular formula is C14H18N4O2S. The van der Waals surface area contributed by atoms with Crippen molar-refractivity contribution in [3.8, 4) is 0 Å². The summed E-state index contributed by atoms with van der Waals surface area (Å²) in [4.78, 5) is 0.270. The minimum absolute atomic E-state index is 0.135. The van der Waals surface area contributed by atoms with Crippen molar-refractivity contribution in [2.75, 3.05) is 36.2 Å². The second kappa shape index (κ2) is 5.53. The fourth-order valence-corrected chi connectivity index (χ4v) is 3.34. The average Bonchev–Trinajstić information content (AvgIpc) is 2.47. The van der Waals surface area contributed by atoms with Gasteiger partial charge in [-0.2, -0.15) is 0 Å². The molecule has 112 valence electrons. The Labute approximate surface area is 124 Å². The fourth-order valence-electron chi connectivity index (χ4n) is 2.01. The van der Waals surface area contributed by atoms with E-state index in [1.54, 1.807) is 26.2 Å². The molecule has 2 aromatic rings. The van der Waals surface area contributed by atoms with Gasteiger partial charge in [-0.3, -0.25) is 0 Å². The van der Waals surface area contributed by atoms with Gasteiger partial charge in [0.2, 0.25) is 9.84 Å². The van der Waals surface area contributed by atoms with Crippen molar-refractivity contribution in [2.45, 2.75) is 9.79 Å². The summed E-state index contributed by atoms with van der Waals surface area (Å²) in [5.41, 5.74) is 13.7. The summed E-state index contributed by atoms with van der Waals surface area (Å²) in [7, 11) is -0.211. The van der Waals surface area contributed by atoms with E-state index in [9.17, 15) is 8.42 Å². The number of nitrogens with two attached hydrogens (primary N) is 2. The van der Waals surface area contributed by atoms with Gasteiger partial charge in [-0.15, -0.1) is 0 Å². The van der Waals surface area contributed by atoms with Gasteiger partial charge in [-0.05, 0) is 36.4 Å². The lowest BCUT2D eigenvalue weighted by Gasteiger charge is -2.11. The highest BCUT2D eigenvalue weighted by molar-refractivity contribution is 7.91. The molecule has 0 saturated carbocycles. The largest absolute Gasteiger partial charge is 0.397 e. The molecule has 6 N–H and O–H groups in total. The molecule has 0 radical (unpaired) electrons. The molecule has 7 heteroatoms. The molecule has 0 unspecified atom stereocenters. The van der Waals surface area contributed by atoms with E-state index in [1.807, 2.05) is 0 Å². The highest BCUT2D eigenvalue weighted by Crippen LogP contribution is 2.29. The summed E-state index contributed by atoms with van der Waals surface area (Å²) in [5.74, 6) is 0. The zero-order valence-corrected chi connectivity index (χ0v) is 12.7. The van der Waals surface area contributed by atoms with Crippen molar-refractivity contribution in [3.63, 3.8) is 0 Å². The Balaban J connectivity index is 2.51. The Morgan fingerprint density at radius 2 is 1.19 bits per heavy atom. The number of nitrogens with one attached hydrogen (secondary N) is 2. The van der Waals surface area contributed by atoms with Gasteiger partial charge in [0.1, 0.15) is 0 Å². The smallest absolute Gasteiger partial charge is 0.206 e. The van der Waals surface area contributed by atoms with Crippen LogP contribution in [0.2, 0.25) is 0 Å². The molecule has 21 heavy (non-hydrogen) atoms. The molecule has 6 nitrogen and oxygen atoms in total. The van der Waals surface area contributed by atoms with Gasteiger partial charge in [0.05, 0.1) is 32.5 Å². The lowest BCUT2D eigenvalue weighted by Crippen LogP contribution is -2.06. The summed E-state index contributed by atoms with van der Waals surface area (Å²) in [6, 6.07) is 9.16. The zero-order valence-electron chi connectivity index (χ0n) is 11.8. The molecular weight excluding hydrogens is 288 g/mol. The molecule has 0 fully saturated rings. The van der Waals surface area contributed by atoms with E-state index in [1.165, 1.54) is 24.3 Å². The summed E-state index contributed by atoms with van der Waals surface area (Å²) >= 11 is 0. The average molecular weight is 306 g/mol. The van der Waals surface area contributed by atoms with Crippen molar-refractivity contribution in [3.05, 3.63) is 36.4 Å². The van der Waals surface area contributed by atoms with Crippen LogP contribution in [-0.4, -0.2) is 22.5 Å². The number of sulfone groups is 1. The van der Waals surface area contributed by atoms with Crippen LogP contribution in [0.25, 0.3) is 0 Å². The van der Waals surface area contributed by atoms with Crippen LogP contribution in [0.1, 0.15) is 0 Å². The first kappa shape index (κ1) is 15.0. The standard InChI is InChI=1S/C14H18N4O2S/c1-17-13-5-3-9(7-11(13)15)21(19,20)10-4-6-14(18-2)12(16)8-10/h3-8,17-18H,15-16H2,1-2H3. The number of hydrogen-bond donors (Lipinski definition) is 4. The van der Waals surface area contributed by atoms with Gasteiger partial charge >= 0.3 is 0 Å². The van der Waals surface area contributed by atoms with Crippen molar-refractivity contribution in [1.82, 2.24) is 0 Å². The molecule has 0 bridgehead atoms. The first-order valence-electron chi connectivity index (χ1n) is 6.29. The molecule has 0 aromatic heterocycles. The van der Waals surface area contributed by atoms with E-state index >= 15 is 0 Å². The normalized spacial score (nSPS) is 11.1. The van der Waals surface area contributed by atoms with E-state index in [4.69, 9.17) is 11.5 Å². The predicted molar refractivity (Wildman–Crippen MR) is 86.3 cm³/mol. The maximum Gasteiger partial charge on any atom is 0.206 e. The third-order valence-corrected chi connectivity index (χ3v) is 4.95. The van der Waals surface area contributed by atoms with E-state index in [2.05, 4.69) is 10.6 Å². The molecule has 0 heterocycles. The predicted octanol–water partition coefficient (Wildman–Crippen LogP) is 1.77. The molecule has 0 saturated heterocycles. The molecule has 0 spiro atoms. The van der Waals surface area contributed by atoms with E-state index < -0.39 is 9.84 Å². The topological polar surface area (TPSA) is 110 Å². The maximum absolute atomic E-state index is 12.6. The van der Waals surface area contributed by atoms with Gasteiger partial charge < -0.3 is 22.1 Å². The summed E-state index contributed by atoms with van der Waals surface area (Å²) < 4.78 is 25.2. The van der Waals surface area contributed by atoms with Gasteiger partial charge in [0.15, 0.2) is 0 Å². The summed E-state index contributed by atoms with van der Waals surface area (Å²) in [6.45, 7) is 0. The van der Waals surface area contributed by atoms with Gasteiger partial charge in [-0.25, -0.2) is 8.42 Å². The Kier molecular flexibility index (Phi) is 3.95. The first-order valence-corrected chi connectivity index (χ1v) is 7.78. The highest BCUT2D eigenvalue weighted by atomic mass is 32.2. The van der Waals surface area contributed by atoms with Crippen molar-refractivity contribution in [2.24, 2.45) is 0 Å². The lowest BCUT2D eigenvalue weighted by molar-refractivity contribution is 0.596. The van der Waals surface area contributed by atoms with E-state index in [0.29, 0.717) is 22.7 Å². The zero-order chi connectivity index (χ0) is 15.6. The number of benzene rings is 2. The van der Waals surface area contributed by atoms with Gasteiger partial charge in [-0.1, -0.05) is 0 Å². The molecule has 0 atom stereocenters. The SMILES string of the molecule is CNc1ccc(S(=O)(=O)c2ccc(NC)c(N)c2)cc1N. The molecule has 0 aliphatic carbocycles. The summed E-state index contributed by atoms with van der Waals surface area (Å²) in [5, 5.41) is 5.78. The van der Waals surface area contributed by atoms with Crippen molar-refractivity contribution in [1.29, 1.82) is 0 Å². The minimum Gasteiger partial charge on any atom is -0.397 e. The molecule has 2 rings (SSSR count). The molecule has 0 aliphatic rings. The van der Waals surface area contributed by atoms with Crippen LogP contribution in [0.3, 0.4) is 0 Å². The Morgan fingerprint density at radius 3 is 1.48 bits per heavy atom. The fraction of sp³-hybridized carbons (Fsp3) is 0.143. The third-order valence-electron chi connectivity index (χ3n) is 3.21. The number of rotatable bonds is 4. The van der Waals surface area contributed by atoms with E-state index in [0.717, 1.165) is 0 Å². The molecule has 0 amide bonds. The second-order valence-electron chi connectivity index (χ2n) is 4.50. The number of anilines is 4. The lowest BCUT2D eigenvalue weighted by atomic mass is 10.3. The van der Waals surface area contributed by atoms with Crippen LogP contribution in [0, 0.1) is 0 Å². The summed E-state index contributed by atoms with van der Waals surface area (Å²) in [6.07, 6.45) is 0. The van der Waals surface area contributed by atoms with Crippen LogP contribution in [0.15, 0.2) is 46.2 Å². The molecule has 2 aromatic carbocycles. The van der Waals surface area contributed by atoms with E-state index in [-0.39, 0.29) is 9.79 Å². The quantitative estimate of drug-likeness (QED) is 0.641. The van der Waals surface area contributed by atoms with Gasteiger partial charge in [0.25, 0.3) is 0 Å². The Hall–Kier alpha value is -2.41. The van der Waals surface area contributed by atoms with Gasteiger partial charge in [0, 0.05) is 14.1 Å². The monoisotopic (exact) mass is 306 g/mol. The maximum atomic E-state index is 12.6. The van der Waals surface area contributed by atoms with Crippen LogP contribution in [0.5, 0.6) is 0 Å². The van der Waals surface area contributed by atoms with Crippen molar-refractivity contribution < 1.29 is 8.42 Å². The number of hydrogen-bond acceptors (Lipinski definition) is 6. The van der Waals surface area contributed by atoms with Crippen LogP contribution < -0.4 is 22.1 Å². The van der Waals surface area contributed by atoms with Crippen LogP contribution in [-0.2, 0) is 9.84 Å². The Morgan fingerprint density at radius 1 is 0.810 bits per heavy atom. The molecule has 0 aliphatic heterocycles. The Bertz CT molecular complexity index is 713. The van der Waals surface area contributed by atoms with Crippen LogP contribution >= 0.6 is 0 Å². The van der Waals surface area contributed by atoms with Crippen LogP contribution in [0.4, 0.5) is 22.7 Å². The van der Waals surface area contributed by atoms with Crippen molar-refractivity contribution >= 4 is 32.6 Å². The minimum atomic E-state index is -3.65. The number of nitrogen functional groups attached to an aromatic ring is 2. The highest BCUT2D eigenvalue weighted by Gasteiger charge is 2.19. The third kappa shape index (κ3) is 2.73. The second-order valence-corrected chi connectivity index (χ2v) is 6.45. The first-order chi connectivity index (χ1) is 9.90.